The zero-order valence-electron chi connectivity index (χ0n) is 18.0. The largest absolute Gasteiger partial charge is 0.444 e. The third-order valence-corrected chi connectivity index (χ3v) is 7.58. The molecule has 10 nitrogen and oxygen atoms in total. The van der Waals surface area contributed by atoms with Crippen LogP contribution in [0.15, 0.2) is 0 Å². The number of rotatable bonds is 2. The Morgan fingerprint density at radius 3 is 1.97 bits per heavy atom. The summed E-state index contributed by atoms with van der Waals surface area (Å²) in [5.41, 5.74) is -0.539. The minimum atomic E-state index is -3.51. The molecule has 2 aliphatic heterocycles. The van der Waals surface area contributed by atoms with Gasteiger partial charge in [-0.15, -0.1) is 12.4 Å². The standard InChI is InChI=1S/C11H22N2O4S.C6H14N2O2S.ClH/c1-11(2,3)17-10(14)13-7-4-5-9(6-8-13)18(12,15)16;7-11(9,10)6-2-1-4-8-5-3-6;/h9H,4-8H2,1-3H3,(H2,12,15,16);6,8H,1-5H2,(H2,7,9,10);1H. The van der Waals surface area contributed by atoms with E-state index in [0.717, 1.165) is 19.5 Å². The highest BCUT2D eigenvalue weighted by Gasteiger charge is 2.29. The van der Waals surface area contributed by atoms with E-state index in [4.69, 9.17) is 15.0 Å². The predicted octanol–water partition coefficient (Wildman–Crippen LogP) is 0.903. The van der Waals surface area contributed by atoms with E-state index >= 15 is 0 Å². The van der Waals surface area contributed by atoms with Crippen LogP contribution in [0.2, 0.25) is 0 Å². The molecule has 0 bridgehead atoms. The van der Waals surface area contributed by atoms with Crippen LogP contribution in [0.5, 0.6) is 0 Å². The molecule has 2 atom stereocenters. The molecule has 0 aromatic rings. The maximum absolute atomic E-state index is 11.8. The Labute approximate surface area is 187 Å². The van der Waals surface area contributed by atoms with Gasteiger partial charge in [0.05, 0.1) is 10.5 Å². The van der Waals surface area contributed by atoms with Crippen LogP contribution < -0.4 is 15.6 Å². The van der Waals surface area contributed by atoms with Crippen LogP contribution in [-0.2, 0) is 24.8 Å². The van der Waals surface area contributed by atoms with Gasteiger partial charge in [-0.05, 0) is 72.4 Å². The van der Waals surface area contributed by atoms with Crippen LogP contribution in [0.4, 0.5) is 4.79 Å². The first-order valence-corrected chi connectivity index (χ1v) is 13.1. The van der Waals surface area contributed by atoms with Crippen LogP contribution >= 0.6 is 12.4 Å². The third-order valence-electron chi connectivity index (χ3n) is 4.78. The quantitative estimate of drug-likeness (QED) is 0.515. The summed E-state index contributed by atoms with van der Waals surface area (Å²) in [4.78, 5) is 13.4. The summed E-state index contributed by atoms with van der Waals surface area (Å²) >= 11 is 0. The van der Waals surface area contributed by atoms with Crippen molar-refractivity contribution >= 4 is 38.5 Å². The molecule has 0 spiro atoms. The Kier molecular flexibility index (Phi) is 12.1. The molecule has 0 aromatic carbocycles. The van der Waals surface area contributed by atoms with Crippen molar-refractivity contribution in [1.29, 1.82) is 0 Å². The van der Waals surface area contributed by atoms with Crippen LogP contribution in [-0.4, -0.2) is 70.1 Å². The van der Waals surface area contributed by atoms with Gasteiger partial charge in [0.25, 0.3) is 0 Å². The fraction of sp³-hybridized carbons (Fsp3) is 0.941. The number of hydrogen-bond acceptors (Lipinski definition) is 7. The summed E-state index contributed by atoms with van der Waals surface area (Å²) in [7, 11) is -6.80. The van der Waals surface area contributed by atoms with Crippen molar-refractivity contribution in [3.05, 3.63) is 0 Å². The molecule has 2 aliphatic rings. The third kappa shape index (κ3) is 11.7. The van der Waals surface area contributed by atoms with Crippen molar-refractivity contribution in [2.45, 2.75) is 75.4 Å². The molecule has 5 N–H and O–H groups in total. The topological polar surface area (TPSA) is 162 Å². The molecule has 2 rings (SSSR count). The number of nitrogens with one attached hydrogen (secondary N) is 1. The van der Waals surface area contributed by atoms with Crippen molar-refractivity contribution in [2.24, 2.45) is 10.3 Å². The molecule has 1 amide bonds. The number of carbonyl (C=O) groups excluding carboxylic acids is 1. The number of ether oxygens (including phenoxy) is 1. The van der Waals surface area contributed by atoms with E-state index in [-0.39, 0.29) is 17.7 Å². The first kappa shape index (κ1) is 29.3. The Morgan fingerprint density at radius 1 is 0.900 bits per heavy atom. The Hall–Kier alpha value is -0.660. The van der Waals surface area contributed by atoms with Gasteiger partial charge in [-0.25, -0.2) is 31.9 Å². The average Bonchev–Trinajstić information content (AvgIpc) is 2.96. The smallest absolute Gasteiger partial charge is 0.410 e. The lowest BCUT2D eigenvalue weighted by Gasteiger charge is -2.26. The van der Waals surface area contributed by atoms with E-state index in [1.807, 2.05) is 0 Å². The molecule has 13 heteroatoms. The molecule has 2 unspecified atom stereocenters. The van der Waals surface area contributed by atoms with Gasteiger partial charge in [-0.2, -0.15) is 0 Å². The number of nitrogens with two attached hydrogens (primary N) is 2. The molecule has 2 saturated heterocycles. The zero-order valence-corrected chi connectivity index (χ0v) is 20.5. The van der Waals surface area contributed by atoms with Gasteiger partial charge >= 0.3 is 6.09 Å². The maximum atomic E-state index is 11.8. The van der Waals surface area contributed by atoms with Gasteiger partial charge in [0.15, 0.2) is 0 Å². The number of sulfonamides is 2. The molecule has 0 saturated carbocycles. The lowest BCUT2D eigenvalue weighted by atomic mass is 10.2. The second kappa shape index (κ2) is 12.4. The summed E-state index contributed by atoms with van der Waals surface area (Å²) < 4.78 is 49.6. The van der Waals surface area contributed by atoms with E-state index in [0.29, 0.717) is 45.2 Å². The molecule has 30 heavy (non-hydrogen) atoms. The maximum Gasteiger partial charge on any atom is 0.410 e. The molecular weight excluding hydrogens is 456 g/mol. The molecule has 0 radical (unpaired) electrons. The normalized spacial score (nSPS) is 23.7. The van der Waals surface area contributed by atoms with Gasteiger partial charge in [-0.1, -0.05) is 0 Å². The number of likely N-dealkylation sites (tertiary alicyclic amines) is 1. The van der Waals surface area contributed by atoms with E-state index in [9.17, 15) is 21.6 Å². The van der Waals surface area contributed by atoms with Crippen molar-refractivity contribution in [3.8, 4) is 0 Å². The minimum Gasteiger partial charge on any atom is -0.444 e. The van der Waals surface area contributed by atoms with E-state index < -0.39 is 37.0 Å². The summed E-state index contributed by atoms with van der Waals surface area (Å²) in [6.07, 6.45) is 3.36. The molecular formula is C17H37ClN4O6S2. The number of carbonyl (C=O) groups is 1. The van der Waals surface area contributed by atoms with E-state index in [2.05, 4.69) is 5.32 Å². The second-order valence-electron chi connectivity index (χ2n) is 8.50. The Morgan fingerprint density at radius 2 is 1.43 bits per heavy atom. The number of primary sulfonamides is 2. The van der Waals surface area contributed by atoms with Crippen molar-refractivity contribution in [1.82, 2.24) is 10.2 Å². The lowest BCUT2D eigenvalue weighted by molar-refractivity contribution is 0.0257. The number of nitrogens with zero attached hydrogens (tertiary/aromatic N) is 1. The highest BCUT2D eigenvalue weighted by atomic mass is 35.5. The van der Waals surface area contributed by atoms with Crippen LogP contribution in [0.3, 0.4) is 0 Å². The summed E-state index contributed by atoms with van der Waals surface area (Å²) in [5, 5.41) is 12.4. The first-order valence-electron chi connectivity index (χ1n) is 9.92. The second-order valence-corrected chi connectivity index (χ2v) is 12.2. The van der Waals surface area contributed by atoms with Crippen LogP contribution in [0, 0.1) is 0 Å². The summed E-state index contributed by atoms with van der Waals surface area (Å²) in [6, 6.07) is 0. The zero-order chi connectivity index (χ0) is 22.3. The fourth-order valence-electron chi connectivity index (χ4n) is 3.22. The van der Waals surface area contributed by atoms with E-state index in [1.165, 1.54) is 0 Å². The van der Waals surface area contributed by atoms with Crippen molar-refractivity contribution in [3.63, 3.8) is 0 Å². The lowest BCUT2D eigenvalue weighted by Crippen LogP contribution is -2.38. The van der Waals surface area contributed by atoms with Gasteiger partial charge in [0, 0.05) is 13.1 Å². The van der Waals surface area contributed by atoms with E-state index in [1.54, 1.807) is 25.7 Å². The monoisotopic (exact) mass is 492 g/mol. The van der Waals surface area contributed by atoms with Crippen molar-refractivity contribution < 1.29 is 26.4 Å². The predicted molar refractivity (Wildman–Crippen MR) is 119 cm³/mol. The van der Waals surface area contributed by atoms with Gasteiger partial charge in [-0.3, -0.25) is 0 Å². The summed E-state index contributed by atoms with van der Waals surface area (Å²) in [6.45, 7) is 7.96. The Balaban J connectivity index is 0.000000603. The fourth-order valence-corrected chi connectivity index (χ4v) is 5.09. The number of halogens is 1. The van der Waals surface area contributed by atoms with Crippen LogP contribution in [0.1, 0.15) is 59.3 Å². The molecule has 0 aliphatic carbocycles. The van der Waals surface area contributed by atoms with Gasteiger partial charge in [0.1, 0.15) is 5.60 Å². The minimum absolute atomic E-state index is 0. The number of hydrogen-bond donors (Lipinski definition) is 3. The Bertz CT molecular complexity index is 732. The van der Waals surface area contributed by atoms with Gasteiger partial charge < -0.3 is 15.0 Å². The molecule has 2 heterocycles. The van der Waals surface area contributed by atoms with Gasteiger partial charge in [0.2, 0.25) is 20.0 Å². The number of amides is 1. The summed E-state index contributed by atoms with van der Waals surface area (Å²) in [5.74, 6) is 0. The average molecular weight is 493 g/mol. The highest BCUT2D eigenvalue weighted by Crippen LogP contribution is 2.18. The van der Waals surface area contributed by atoms with Crippen LogP contribution in [0.25, 0.3) is 0 Å². The SMILES string of the molecule is CC(C)(C)OC(=O)N1CCCC(S(N)(=O)=O)CC1.Cl.NS(=O)(=O)C1CCCNCC1. The molecule has 0 aromatic heterocycles. The highest BCUT2D eigenvalue weighted by molar-refractivity contribution is 7.90. The first-order chi connectivity index (χ1) is 13.2. The molecule has 180 valence electrons. The van der Waals surface area contributed by atoms with Crippen molar-refractivity contribution in [2.75, 3.05) is 26.2 Å². The molecule has 2 fully saturated rings.